The largest absolute Gasteiger partial charge is 0.465 e. The number of carbonyl (C=O) groups excluding carboxylic acids is 2. The van der Waals surface area contributed by atoms with Crippen LogP contribution in [0.4, 0.5) is 0 Å². The van der Waals surface area contributed by atoms with Crippen LogP contribution in [-0.2, 0) is 14.3 Å². The summed E-state index contributed by atoms with van der Waals surface area (Å²) in [6.07, 6.45) is 9.50. The first-order chi connectivity index (χ1) is 12.3. The summed E-state index contributed by atoms with van der Waals surface area (Å²) < 4.78 is 5.27. The van der Waals surface area contributed by atoms with E-state index in [0.717, 1.165) is 24.7 Å². The Morgan fingerprint density at radius 3 is 2.62 bits per heavy atom. The van der Waals surface area contributed by atoms with E-state index in [4.69, 9.17) is 4.74 Å². The predicted molar refractivity (Wildman–Crippen MR) is 105 cm³/mol. The molecule has 1 N–H and O–H groups in total. The topological polar surface area (TPSA) is 63.6 Å². The lowest BCUT2D eigenvalue weighted by molar-refractivity contribution is -0.143. The highest BCUT2D eigenvalue weighted by atomic mass is 16.5. The number of allylic oxidation sites excluding steroid dienone is 4. The van der Waals surface area contributed by atoms with Crippen molar-refractivity contribution in [3.63, 3.8) is 0 Å². The summed E-state index contributed by atoms with van der Waals surface area (Å²) in [4.78, 5) is 23.1. The molecular weight excluding hydrogens is 328 g/mol. The molecule has 0 aliphatic heterocycles. The van der Waals surface area contributed by atoms with Gasteiger partial charge in [-0.3, -0.25) is 9.59 Å². The first-order valence-corrected chi connectivity index (χ1v) is 9.51. The van der Waals surface area contributed by atoms with E-state index in [1.165, 1.54) is 12.5 Å². The van der Waals surface area contributed by atoms with Gasteiger partial charge in [0.15, 0.2) is 0 Å². The number of rotatable bonds is 7. The summed E-state index contributed by atoms with van der Waals surface area (Å²) in [6.45, 7) is 9.78. The molecule has 0 bridgehead atoms. The standard InChI is InChI=1S/C22H34O4/c1-15(2)8-6-10-17(4)22-20(14-26-18(5)24)19(13-23)11-7-9-16(3)12-21(22)25/h8-9,11,13,17,20-22,25H,6-7,10,12,14H2,1-5H3/b16-9+,19-11-/t17-,20-,21-,22+/m0/s1. The third-order valence-electron chi connectivity index (χ3n) is 5.12. The number of aliphatic hydroxyl groups is 1. The fourth-order valence-corrected chi connectivity index (χ4v) is 3.74. The Morgan fingerprint density at radius 2 is 2.04 bits per heavy atom. The van der Waals surface area contributed by atoms with E-state index in [-0.39, 0.29) is 30.3 Å². The van der Waals surface area contributed by atoms with Crippen molar-refractivity contribution in [3.05, 3.63) is 34.9 Å². The van der Waals surface area contributed by atoms with Gasteiger partial charge in [-0.05, 0) is 63.9 Å². The van der Waals surface area contributed by atoms with E-state index in [0.29, 0.717) is 18.4 Å². The van der Waals surface area contributed by atoms with Gasteiger partial charge in [0.05, 0.1) is 12.7 Å². The maximum Gasteiger partial charge on any atom is 0.302 e. The average Bonchev–Trinajstić information content (AvgIpc) is 2.59. The van der Waals surface area contributed by atoms with Gasteiger partial charge >= 0.3 is 5.97 Å². The zero-order chi connectivity index (χ0) is 19.7. The molecule has 146 valence electrons. The van der Waals surface area contributed by atoms with Gasteiger partial charge in [-0.25, -0.2) is 0 Å². The monoisotopic (exact) mass is 362 g/mol. The molecule has 4 atom stereocenters. The van der Waals surface area contributed by atoms with Crippen molar-refractivity contribution in [1.82, 2.24) is 0 Å². The first-order valence-electron chi connectivity index (χ1n) is 9.51. The van der Waals surface area contributed by atoms with Gasteiger partial charge in [-0.2, -0.15) is 0 Å². The summed E-state index contributed by atoms with van der Waals surface area (Å²) in [5.74, 6) is -0.601. The highest BCUT2D eigenvalue weighted by Crippen LogP contribution is 2.36. The maximum absolute atomic E-state index is 11.7. The minimum Gasteiger partial charge on any atom is -0.465 e. The van der Waals surface area contributed by atoms with Crippen molar-refractivity contribution in [3.8, 4) is 0 Å². The zero-order valence-electron chi connectivity index (χ0n) is 16.8. The van der Waals surface area contributed by atoms with E-state index >= 15 is 0 Å². The number of esters is 1. The second kappa shape index (κ2) is 11.1. The molecule has 0 fully saturated rings. The smallest absolute Gasteiger partial charge is 0.302 e. The van der Waals surface area contributed by atoms with Crippen molar-refractivity contribution in [2.75, 3.05) is 6.61 Å². The lowest BCUT2D eigenvalue weighted by Gasteiger charge is -2.35. The van der Waals surface area contributed by atoms with Gasteiger partial charge < -0.3 is 9.84 Å². The molecule has 0 radical (unpaired) electrons. The number of carbonyl (C=O) groups is 2. The fraction of sp³-hybridized carbons (Fsp3) is 0.636. The Bertz CT molecular complexity index is 567. The summed E-state index contributed by atoms with van der Waals surface area (Å²) in [5.41, 5.74) is 3.01. The molecule has 0 amide bonds. The molecule has 4 nitrogen and oxygen atoms in total. The minimum absolute atomic E-state index is 0.133. The second-order valence-corrected chi connectivity index (χ2v) is 7.70. The van der Waals surface area contributed by atoms with Crippen LogP contribution in [0.25, 0.3) is 0 Å². The number of ether oxygens (including phenoxy) is 1. The van der Waals surface area contributed by atoms with Crippen LogP contribution in [-0.4, -0.2) is 30.1 Å². The van der Waals surface area contributed by atoms with Crippen molar-refractivity contribution in [1.29, 1.82) is 0 Å². The van der Waals surface area contributed by atoms with Gasteiger partial charge in [-0.1, -0.05) is 36.3 Å². The van der Waals surface area contributed by atoms with Crippen LogP contribution in [0, 0.1) is 17.8 Å². The van der Waals surface area contributed by atoms with E-state index < -0.39 is 6.10 Å². The van der Waals surface area contributed by atoms with Gasteiger partial charge in [0.25, 0.3) is 0 Å². The molecule has 26 heavy (non-hydrogen) atoms. The molecule has 0 heterocycles. The fourth-order valence-electron chi connectivity index (χ4n) is 3.74. The van der Waals surface area contributed by atoms with Crippen LogP contribution >= 0.6 is 0 Å². The molecule has 1 aliphatic carbocycles. The highest BCUT2D eigenvalue weighted by Gasteiger charge is 2.36. The van der Waals surface area contributed by atoms with E-state index in [9.17, 15) is 14.7 Å². The Hall–Kier alpha value is -1.68. The van der Waals surface area contributed by atoms with Crippen molar-refractivity contribution in [2.24, 2.45) is 17.8 Å². The Balaban J connectivity index is 3.16. The second-order valence-electron chi connectivity index (χ2n) is 7.70. The summed E-state index contributed by atoms with van der Waals surface area (Å²) >= 11 is 0. The van der Waals surface area contributed by atoms with E-state index in [2.05, 4.69) is 26.8 Å². The van der Waals surface area contributed by atoms with Crippen LogP contribution in [0.5, 0.6) is 0 Å². The molecule has 0 aromatic heterocycles. The van der Waals surface area contributed by atoms with E-state index in [1.807, 2.05) is 19.1 Å². The quantitative estimate of drug-likeness (QED) is 0.414. The van der Waals surface area contributed by atoms with Crippen LogP contribution in [0.15, 0.2) is 34.9 Å². The van der Waals surface area contributed by atoms with Crippen LogP contribution in [0.3, 0.4) is 0 Å². The summed E-state index contributed by atoms with van der Waals surface area (Å²) in [6, 6.07) is 0. The summed E-state index contributed by atoms with van der Waals surface area (Å²) in [7, 11) is 0. The lowest BCUT2D eigenvalue weighted by Crippen LogP contribution is -2.37. The first kappa shape index (κ1) is 22.4. The van der Waals surface area contributed by atoms with Crippen molar-refractivity contribution < 1.29 is 19.4 Å². The molecule has 0 unspecified atom stereocenters. The molecule has 0 aromatic rings. The van der Waals surface area contributed by atoms with E-state index in [1.54, 1.807) is 0 Å². The molecule has 4 heteroatoms. The van der Waals surface area contributed by atoms with Gasteiger partial charge in [0, 0.05) is 12.8 Å². The average molecular weight is 363 g/mol. The van der Waals surface area contributed by atoms with Gasteiger partial charge in [0.1, 0.15) is 6.29 Å². The molecule has 0 spiro atoms. The lowest BCUT2D eigenvalue weighted by atomic mass is 9.73. The Labute approximate surface area is 158 Å². The van der Waals surface area contributed by atoms with Crippen molar-refractivity contribution in [2.45, 2.75) is 66.4 Å². The molecule has 1 aliphatic rings. The zero-order valence-corrected chi connectivity index (χ0v) is 16.8. The number of aldehydes is 1. The predicted octanol–water partition coefficient (Wildman–Crippen LogP) is 4.39. The number of hydrogen-bond donors (Lipinski definition) is 1. The normalized spacial score (nSPS) is 28.9. The van der Waals surface area contributed by atoms with Gasteiger partial charge in [0.2, 0.25) is 0 Å². The van der Waals surface area contributed by atoms with Crippen molar-refractivity contribution >= 4 is 12.3 Å². The molecular formula is C22H34O4. The number of aliphatic hydroxyl groups excluding tert-OH is 1. The molecule has 0 saturated heterocycles. The highest BCUT2D eigenvalue weighted by molar-refractivity contribution is 5.74. The molecule has 1 rings (SSSR count). The SMILES string of the molecule is CC(=O)OC[C@H]1/C(C=O)=C\C/C=C(\C)C[C@H](O)[C@@H]1[C@@H](C)CCC=C(C)C. The Morgan fingerprint density at radius 1 is 1.35 bits per heavy atom. The van der Waals surface area contributed by atoms with Crippen LogP contribution < -0.4 is 0 Å². The van der Waals surface area contributed by atoms with Crippen LogP contribution in [0.1, 0.15) is 60.3 Å². The third kappa shape index (κ3) is 7.28. The molecule has 0 saturated carbocycles. The minimum atomic E-state index is -0.574. The number of hydrogen-bond acceptors (Lipinski definition) is 4. The van der Waals surface area contributed by atoms with Gasteiger partial charge in [-0.15, -0.1) is 0 Å². The Kier molecular flexibility index (Phi) is 9.57. The van der Waals surface area contributed by atoms with Crippen LogP contribution in [0.2, 0.25) is 0 Å². The molecule has 0 aromatic carbocycles. The third-order valence-corrected chi connectivity index (χ3v) is 5.12. The maximum atomic E-state index is 11.7. The summed E-state index contributed by atoms with van der Waals surface area (Å²) in [5, 5.41) is 11.0.